The molecule has 94 valence electrons. The van der Waals surface area contributed by atoms with Gasteiger partial charge < -0.3 is 10.1 Å². The molecule has 0 unspecified atom stereocenters. The minimum absolute atomic E-state index is 0.0880. The van der Waals surface area contributed by atoms with Crippen molar-refractivity contribution in [2.75, 3.05) is 0 Å². The van der Waals surface area contributed by atoms with Crippen LogP contribution in [0.2, 0.25) is 0 Å². The third kappa shape index (κ3) is 3.00. The number of rotatable bonds is 3. The first-order valence-electron chi connectivity index (χ1n) is 6.07. The molecule has 18 heavy (non-hydrogen) atoms. The van der Waals surface area contributed by atoms with Gasteiger partial charge in [0.05, 0.1) is 0 Å². The number of carbonyl (C=O) groups excluding carboxylic acids is 1. The minimum Gasteiger partial charge on any atom is -0.445 e. The zero-order chi connectivity index (χ0) is 13.0. The Kier molecular flexibility index (Phi) is 3.82. The summed E-state index contributed by atoms with van der Waals surface area (Å²) >= 11 is 0. The molecule has 0 heterocycles. The maximum Gasteiger partial charge on any atom is 0.407 e. The molecule has 0 atom stereocenters. The van der Waals surface area contributed by atoms with Gasteiger partial charge >= 0.3 is 6.09 Å². The van der Waals surface area contributed by atoms with E-state index in [0.29, 0.717) is 6.61 Å². The Hall–Kier alpha value is -2.03. The lowest BCUT2D eigenvalue weighted by Crippen LogP contribution is -2.30. The van der Waals surface area contributed by atoms with Gasteiger partial charge in [0.25, 0.3) is 0 Å². The van der Waals surface area contributed by atoms with Crippen LogP contribution in [0, 0.1) is 0 Å². The summed E-state index contributed by atoms with van der Waals surface area (Å²) in [5.74, 6) is 0. The second-order valence-electron chi connectivity index (χ2n) is 4.51. The number of alkyl carbamates (subject to hydrolysis) is 1. The van der Waals surface area contributed by atoms with E-state index >= 15 is 0 Å². The molecule has 2 rings (SSSR count). The van der Waals surface area contributed by atoms with Crippen molar-refractivity contribution < 1.29 is 9.53 Å². The summed E-state index contributed by atoms with van der Waals surface area (Å²) in [4.78, 5) is 11.4. The predicted octanol–water partition coefficient (Wildman–Crippen LogP) is 3.47. The van der Waals surface area contributed by atoms with Crippen LogP contribution in [0.1, 0.15) is 19.4 Å². The molecule has 0 saturated heterocycles. The number of amides is 1. The van der Waals surface area contributed by atoms with Gasteiger partial charge in [-0.2, -0.15) is 0 Å². The van der Waals surface area contributed by atoms with Crippen molar-refractivity contribution in [1.29, 1.82) is 0 Å². The van der Waals surface area contributed by atoms with Crippen LogP contribution in [0.5, 0.6) is 0 Å². The summed E-state index contributed by atoms with van der Waals surface area (Å²) in [6.07, 6.45) is -0.377. The third-order valence-electron chi connectivity index (χ3n) is 2.65. The first-order valence-corrected chi connectivity index (χ1v) is 6.07. The summed E-state index contributed by atoms with van der Waals surface area (Å²) in [7, 11) is 0. The maximum atomic E-state index is 11.4. The molecule has 3 heteroatoms. The highest BCUT2D eigenvalue weighted by Gasteiger charge is 2.06. The number of benzene rings is 2. The van der Waals surface area contributed by atoms with Gasteiger partial charge in [-0.3, -0.25) is 0 Å². The summed E-state index contributed by atoms with van der Waals surface area (Å²) in [6.45, 7) is 4.10. The van der Waals surface area contributed by atoms with Gasteiger partial charge in [-0.1, -0.05) is 42.5 Å². The molecule has 1 amide bonds. The topological polar surface area (TPSA) is 38.3 Å². The quantitative estimate of drug-likeness (QED) is 0.896. The van der Waals surface area contributed by atoms with Crippen LogP contribution < -0.4 is 5.32 Å². The van der Waals surface area contributed by atoms with E-state index in [0.717, 1.165) is 16.3 Å². The van der Waals surface area contributed by atoms with Crippen LogP contribution in [0.4, 0.5) is 4.79 Å². The summed E-state index contributed by atoms with van der Waals surface area (Å²) in [5.41, 5.74) is 1.02. The predicted molar refractivity (Wildman–Crippen MR) is 72.4 cm³/mol. The fourth-order valence-electron chi connectivity index (χ4n) is 1.84. The lowest BCUT2D eigenvalue weighted by atomic mass is 10.1. The van der Waals surface area contributed by atoms with Crippen LogP contribution >= 0.6 is 0 Å². The van der Waals surface area contributed by atoms with Crippen molar-refractivity contribution in [2.24, 2.45) is 0 Å². The van der Waals surface area contributed by atoms with Crippen molar-refractivity contribution in [2.45, 2.75) is 26.5 Å². The molecule has 0 saturated carbocycles. The normalized spacial score (nSPS) is 10.6. The molecule has 0 fully saturated rings. The van der Waals surface area contributed by atoms with E-state index in [1.165, 1.54) is 0 Å². The first-order chi connectivity index (χ1) is 8.66. The monoisotopic (exact) mass is 243 g/mol. The van der Waals surface area contributed by atoms with E-state index in [9.17, 15) is 4.79 Å². The Morgan fingerprint density at radius 1 is 1.17 bits per heavy atom. The summed E-state index contributed by atoms with van der Waals surface area (Å²) < 4.78 is 5.20. The lowest BCUT2D eigenvalue weighted by molar-refractivity contribution is 0.137. The molecule has 0 aliphatic heterocycles. The highest BCUT2D eigenvalue weighted by atomic mass is 16.5. The molecule has 0 bridgehead atoms. The molecule has 0 aromatic heterocycles. The van der Waals surface area contributed by atoms with Gasteiger partial charge in [0, 0.05) is 6.04 Å². The van der Waals surface area contributed by atoms with Gasteiger partial charge in [0.1, 0.15) is 6.61 Å². The molecule has 0 radical (unpaired) electrons. The number of nitrogens with one attached hydrogen (secondary N) is 1. The number of hydrogen-bond donors (Lipinski definition) is 1. The van der Waals surface area contributed by atoms with E-state index in [1.807, 2.05) is 56.3 Å². The molecular weight excluding hydrogens is 226 g/mol. The second kappa shape index (κ2) is 5.54. The van der Waals surface area contributed by atoms with Gasteiger partial charge in [0.2, 0.25) is 0 Å². The maximum absolute atomic E-state index is 11.4. The Balaban J connectivity index is 2.10. The van der Waals surface area contributed by atoms with Crippen molar-refractivity contribution >= 4 is 16.9 Å². The fraction of sp³-hybridized carbons (Fsp3) is 0.267. The Bertz CT molecular complexity index is 544. The van der Waals surface area contributed by atoms with E-state index in [2.05, 4.69) is 5.32 Å². The van der Waals surface area contributed by atoms with Gasteiger partial charge in [-0.05, 0) is 30.2 Å². The lowest BCUT2D eigenvalue weighted by Gasteiger charge is -2.10. The number of hydrogen-bond acceptors (Lipinski definition) is 2. The molecule has 3 nitrogen and oxygen atoms in total. The van der Waals surface area contributed by atoms with Gasteiger partial charge in [-0.25, -0.2) is 4.79 Å². The average Bonchev–Trinajstić information content (AvgIpc) is 2.35. The average molecular weight is 243 g/mol. The number of ether oxygens (including phenoxy) is 1. The Morgan fingerprint density at radius 3 is 2.67 bits per heavy atom. The van der Waals surface area contributed by atoms with Crippen LogP contribution in [0.15, 0.2) is 42.5 Å². The van der Waals surface area contributed by atoms with Crippen molar-refractivity contribution in [3.05, 3.63) is 48.0 Å². The highest BCUT2D eigenvalue weighted by Crippen LogP contribution is 2.19. The van der Waals surface area contributed by atoms with Crippen LogP contribution in [-0.2, 0) is 11.3 Å². The number of fused-ring (bicyclic) bond motifs is 1. The van der Waals surface area contributed by atoms with Crippen LogP contribution in [0.3, 0.4) is 0 Å². The summed E-state index contributed by atoms with van der Waals surface area (Å²) in [5, 5.41) is 4.98. The Labute approximate surface area is 107 Å². The molecule has 2 aromatic carbocycles. The SMILES string of the molecule is CC(C)NC(=O)OCc1cccc2ccccc12. The van der Waals surface area contributed by atoms with Crippen molar-refractivity contribution in [3.8, 4) is 0 Å². The van der Waals surface area contributed by atoms with Crippen molar-refractivity contribution in [3.63, 3.8) is 0 Å². The largest absolute Gasteiger partial charge is 0.445 e. The molecule has 0 aliphatic carbocycles. The second-order valence-corrected chi connectivity index (χ2v) is 4.51. The van der Waals surface area contributed by atoms with Gasteiger partial charge in [-0.15, -0.1) is 0 Å². The standard InChI is InChI=1S/C15H17NO2/c1-11(2)16-15(17)18-10-13-8-5-7-12-6-3-4-9-14(12)13/h3-9,11H,10H2,1-2H3,(H,16,17). The van der Waals surface area contributed by atoms with Crippen LogP contribution in [0.25, 0.3) is 10.8 Å². The van der Waals surface area contributed by atoms with Gasteiger partial charge in [0.15, 0.2) is 0 Å². The molecule has 0 aliphatic rings. The highest BCUT2D eigenvalue weighted by molar-refractivity contribution is 5.85. The van der Waals surface area contributed by atoms with E-state index in [-0.39, 0.29) is 12.1 Å². The van der Waals surface area contributed by atoms with E-state index in [1.54, 1.807) is 0 Å². The van der Waals surface area contributed by atoms with Crippen molar-refractivity contribution in [1.82, 2.24) is 5.32 Å². The van der Waals surface area contributed by atoms with E-state index in [4.69, 9.17) is 4.74 Å². The number of carbonyl (C=O) groups is 1. The zero-order valence-corrected chi connectivity index (χ0v) is 10.6. The third-order valence-corrected chi connectivity index (χ3v) is 2.65. The van der Waals surface area contributed by atoms with Crippen LogP contribution in [-0.4, -0.2) is 12.1 Å². The smallest absolute Gasteiger partial charge is 0.407 e. The molecule has 0 spiro atoms. The molecule has 2 aromatic rings. The zero-order valence-electron chi connectivity index (χ0n) is 10.6. The van der Waals surface area contributed by atoms with E-state index < -0.39 is 0 Å². The molecule has 1 N–H and O–H groups in total. The molecular formula is C15H17NO2. The first kappa shape index (κ1) is 12.4. The fourth-order valence-corrected chi connectivity index (χ4v) is 1.84. The Morgan fingerprint density at radius 2 is 1.89 bits per heavy atom. The minimum atomic E-state index is -0.377. The summed E-state index contributed by atoms with van der Waals surface area (Å²) in [6, 6.07) is 14.2.